The van der Waals surface area contributed by atoms with Gasteiger partial charge in [-0.3, -0.25) is 0 Å². The Bertz CT molecular complexity index is 1270. The maximum absolute atomic E-state index is 5.75. The largest absolute Gasteiger partial charge is 0.423 e. The van der Waals surface area contributed by atoms with Crippen LogP contribution in [0.5, 0.6) is 11.8 Å². The zero-order valence-corrected chi connectivity index (χ0v) is 15.1. The standard InChI is InChI=1S/C21H16N6O/c1-14-9-11-15(12-10-14)23-18-17-8-5-13-22-19(17)27-20(24-18)25-21(26-27)28-16-6-3-2-4-7-16/h2-13H,1H3,(H,23,24,25,26). The van der Waals surface area contributed by atoms with Gasteiger partial charge in [-0.1, -0.05) is 35.9 Å². The van der Waals surface area contributed by atoms with Crippen molar-refractivity contribution < 1.29 is 4.74 Å². The second kappa shape index (κ2) is 6.62. The molecule has 0 saturated heterocycles. The number of nitrogens with zero attached hydrogens (tertiary/aromatic N) is 5. The quantitative estimate of drug-likeness (QED) is 0.503. The topological polar surface area (TPSA) is 77.2 Å². The number of pyridine rings is 1. The third kappa shape index (κ3) is 2.99. The molecule has 5 aromatic rings. The van der Waals surface area contributed by atoms with E-state index in [4.69, 9.17) is 4.74 Å². The van der Waals surface area contributed by atoms with Crippen molar-refractivity contribution in [1.82, 2.24) is 24.6 Å². The van der Waals surface area contributed by atoms with E-state index in [1.54, 1.807) is 10.7 Å². The number of para-hydroxylation sites is 1. The van der Waals surface area contributed by atoms with Gasteiger partial charge in [0, 0.05) is 11.9 Å². The summed E-state index contributed by atoms with van der Waals surface area (Å²) in [6.45, 7) is 2.05. The van der Waals surface area contributed by atoms with Gasteiger partial charge in [0.15, 0.2) is 5.65 Å². The first kappa shape index (κ1) is 16.2. The highest BCUT2D eigenvalue weighted by Gasteiger charge is 2.14. The first-order valence-corrected chi connectivity index (χ1v) is 8.84. The van der Waals surface area contributed by atoms with Crippen molar-refractivity contribution in [2.75, 3.05) is 5.32 Å². The molecule has 2 aromatic carbocycles. The zero-order chi connectivity index (χ0) is 18.9. The highest BCUT2D eigenvalue weighted by Crippen LogP contribution is 2.26. The van der Waals surface area contributed by atoms with Gasteiger partial charge in [0.25, 0.3) is 5.78 Å². The predicted molar refractivity (Wildman–Crippen MR) is 107 cm³/mol. The number of hydrogen-bond acceptors (Lipinski definition) is 6. The number of aryl methyl sites for hydroxylation is 1. The zero-order valence-electron chi connectivity index (χ0n) is 15.1. The van der Waals surface area contributed by atoms with Crippen LogP contribution < -0.4 is 10.1 Å². The van der Waals surface area contributed by atoms with Gasteiger partial charge >= 0.3 is 6.01 Å². The number of rotatable bonds is 4. The van der Waals surface area contributed by atoms with E-state index in [9.17, 15) is 0 Å². The molecule has 1 N–H and O–H groups in total. The second-order valence-corrected chi connectivity index (χ2v) is 6.35. The van der Waals surface area contributed by atoms with Gasteiger partial charge in [-0.05, 0) is 43.3 Å². The third-order valence-corrected chi connectivity index (χ3v) is 4.29. The average Bonchev–Trinajstić information content (AvgIpc) is 3.13. The number of aromatic nitrogens is 5. The van der Waals surface area contributed by atoms with Crippen molar-refractivity contribution in [2.24, 2.45) is 0 Å². The summed E-state index contributed by atoms with van der Waals surface area (Å²) in [7, 11) is 0. The van der Waals surface area contributed by atoms with Crippen molar-refractivity contribution in [1.29, 1.82) is 0 Å². The second-order valence-electron chi connectivity index (χ2n) is 6.35. The summed E-state index contributed by atoms with van der Waals surface area (Å²) < 4.78 is 7.34. The first-order chi connectivity index (χ1) is 13.8. The van der Waals surface area contributed by atoms with Gasteiger partial charge in [-0.25, -0.2) is 4.98 Å². The summed E-state index contributed by atoms with van der Waals surface area (Å²) in [5.74, 6) is 1.73. The van der Waals surface area contributed by atoms with Crippen LogP contribution in [0, 0.1) is 6.92 Å². The number of ether oxygens (including phenoxy) is 1. The molecule has 0 spiro atoms. The van der Waals surface area contributed by atoms with E-state index in [1.807, 2.05) is 66.7 Å². The summed E-state index contributed by atoms with van der Waals surface area (Å²) in [4.78, 5) is 13.5. The lowest BCUT2D eigenvalue weighted by Gasteiger charge is -2.09. The van der Waals surface area contributed by atoms with Crippen LogP contribution in [0.3, 0.4) is 0 Å². The molecule has 7 nitrogen and oxygen atoms in total. The molecule has 136 valence electrons. The van der Waals surface area contributed by atoms with Gasteiger partial charge in [0.2, 0.25) is 0 Å². The Labute approximate surface area is 160 Å². The Morgan fingerprint density at radius 1 is 0.893 bits per heavy atom. The summed E-state index contributed by atoms with van der Waals surface area (Å²) >= 11 is 0. The summed E-state index contributed by atoms with van der Waals surface area (Å²) in [5.41, 5.74) is 2.78. The van der Waals surface area contributed by atoms with Crippen molar-refractivity contribution in [2.45, 2.75) is 6.92 Å². The molecule has 0 aliphatic rings. The highest BCUT2D eigenvalue weighted by atomic mass is 16.5. The van der Waals surface area contributed by atoms with Crippen LogP contribution >= 0.6 is 0 Å². The minimum absolute atomic E-state index is 0.220. The summed E-state index contributed by atoms with van der Waals surface area (Å²) in [6.07, 6.45) is 1.72. The van der Waals surface area contributed by atoms with Gasteiger partial charge in [0.1, 0.15) is 11.6 Å². The Hall–Kier alpha value is -4.00. The highest BCUT2D eigenvalue weighted by molar-refractivity contribution is 5.90. The summed E-state index contributed by atoms with van der Waals surface area (Å²) in [5, 5.41) is 8.62. The van der Waals surface area contributed by atoms with E-state index in [1.165, 1.54) is 5.56 Å². The summed E-state index contributed by atoms with van der Waals surface area (Å²) in [6, 6.07) is 21.6. The molecule has 28 heavy (non-hydrogen) atoms. The Morgan fingerprint density at radius 3 is 2.54 bits per heavy atom. The molecule has 0 bridgehead atoms. The molecule has 0 fully saturated rings. The van der Waals surface area contributed by atoms with Crippen LogP contribution in [0.2, 0.25) is 0 Å². The van der Waals surface area contributed by atoms with E-state index in [0.717, 1.165) is 11.1 Å². The Balaban J connectivity index is 1.61. The Morgan fingerprint density at radius 2 is 1.71 bits per heavy atom. The number of benzene rings is 2. The normalized spacial score (nSPS) is 11.0. The molecule has 0 aliphatic carbocycles. The van der Waals surface area contributed by atoms with Gasteiger partial charge < -0.3 is 10.1 Å². The monoisotopic (exact) mass is 368 g/mol. The van der Waals surface area contributed by atoms with E-state index in [-0.39, 0.29) is 6.01 Å². The molecule has 0 radical (unpaired) electrons. The molecule has 0 aliphatic heterocycles. The minimum Gasteiger partial charge on any atom is -0.423 e. The third-order valence-electron chi connectivity index (χ3n) is 4.29. The van der Waals surface area contributed by atoms with E-state index in [2.05, 4.69) is 32.3 Å². The van der Waals surface area contributed by atoms with Crippen LogP contribution in [0.4, 0.5) is 11.5 Å². The SMILES string of the molecule is Cc1ccc(Nc2nc3nc(Oc4ccccc4)nn3c3ncccc23)cc1. The molecule has 0 atom stereocenters. The molecule has 7 heteroatoms. The number of anilines is 2. The fourth-order valence-corrected chi connectivity index (χ4v) is 2.92. The van der Waals surface area contributed by atoms with Gasteiger partial charge in [-0.2, -0.15) is 14.5 Å². The van der Waals surface area contributed by atoms with Gasteiger partial charge in [0.05, 0.1) is 5.39 Å². The maximum atomic E-state index is 5.75. The number of hydrogen-bond donors (Lipinski definition) is 1. The lowest BCUT2D eigenvalue weighted by molar-refractivity contribution is 0.443. The van der Waals surface area contributed by atoms with Crippen molar-refractivity contribution >= 4 is 28.3 Å². The lowest BCUT2D eigenvalue weighted by atomic mass is 10.2. The maximum Gasteiger partial charge on any atom is 0.343 e. The van der Waals surface area contributed by atoms with Gasteiger partial charge in [-0.15, -0.1) is 5.10 Å². The molecule has 3 aromatic heterocycles. The van der Waals surface area contributed by atoms with Crippen molar-refractivity contribution in [3.05, 3.63) is 78.5 Å². The molecule has 5 rings (SSSR count). The molecule has 0 saturated carbocycles. The molecular weight excluding hydrogens is 352 g/mol. The van der Waals surface area contributed by atoms with Crippen LogP contribution in [0.15, 0.2) is 72.9 Å². The van der Waals surface area contributed by atoms with E-state index in [0.29, 0.717) is 23.0 Å². The molecule has 0 unspecified atom stereocenters. The lowest BCUT2D eigenvalue weighted by Crippen LogP contribution is -2.02. The molecule has 3 heterocycles. The minimum atomic E-state index is 0.220. The van der Waals surface area contributed by atoms with Crippen molar-refractivity contribution in [3.8, 4) is 11.8 Å². The van der Waals surface area contributed by atoms with Crippen LogP contribution in [0.1, 0.15) is 5.56 Å². The van der Waals surface area contributed by atoms with Crippen LogP contribution in [-0.2, 0) is 0 Å². The van der Waals surface area contributed by atoms with Crippen molar-refractivity contribution in [3.63, 3.8) is 0 Å². The first-order valence-electron chi connectivity index (χ1n) is 8.84. The van der Waals surface area contributed by atoms with E-state index < -0.39 is 0 Å². The predicted octanol–water partition coefficient (Wildman–Crippen LogP) is 4.52. The van der Waals surface area contributed by atoms with Crippen LogP contribution in [0.25, 0.3) is 16.8 Å². The number of nitrogens with one attached hydrogen (secondary N) is 1. The van der Waals surface area contributed by atoms with Crippen LogP contribution in [-0.4, -0.2) is 24.6 Å². The molecule has 0 amide bonds. The van der Waals surface area contributed by atoms with E-state index >= 15 is 0 Å². The fourth-order valence-electron chi connectivity index (χ4n) is 2.92. The fraction of sp³-hybridized carbons (Fsp3) is 0.0476. The Kier molecular flexibility index (Phi) is 3.83. The average molecular weight is 368 g/mol. The smallest absolute Gasteiger partial charge is 0.343 e. The molecular formula is C21H16N6O. The number of fused-ring (bicyclic) bond motifs is 3.